The van der Waals surface area contributed by atoms with Crippen LogP contribution in [0.5, 0.6) is 0 Å². The molecule has 1 aromatic heterocycles. The zero-order valence-corrected chi connectivity index (χ0v) is 36.9. The third-order valence-electron chi connectivity index (χ3n) is 12.3. The van der Waals surface area contributed by atoms with Crippen molar-refractivity contribution in [3.05, 3.63) is 242 Å². The van der Waals surface area contributed by atoms with E-state index in [-0.39, 0.29) is 28.6 Å². The number of nitrogens with zero attached hydrogens (tertiary/aromatic N) is 3. The minimum absolute atomic E-state index is 0.0719. The van der Waals surface area contributed by atoms with E-state index in [1.165, 1.54) is 36.4 Å². The van der Waals surface area contributed by atoms with Crippen molar-refractivity contribution in [1.29, 1.82) is 0 Å². The molecule has 68 heavy (non-hydrogen) atoms. The Bertz CT molecular complexity index is 3650. The third-order valence-corrected chi connectivity index (χ3v) is 15.4. The average Bonchev–Trinajstić information content (AvgIpc) is 3.39. The summed E-state index contributed by atoms with van der Waals surface area (Å²) in [4.78, 5) is 14.3. The van der Waals surface area contributed by atoms with Gasteiger partial charge < -0.3 is 4.57 Å². The molecule has 4 nitrogen and oxygen atoms in total. The second-order valence-corrected chi connectivity index (χ2v) is 19.1. The standard InChI is InChI=1S/C59H36F4N3OP/c60-40-26-22-37(23-27-40)57-64-58(38-24-28-41(61)29-25-38)66-59(65-57)52-33-32-51(48-20-9-10-21-49(48)52)54-36-55(62)53(35-56(54)63)50-31-30-45(46-18-7-8-19-47(46)50)39-12-11-17-44(34-39)68(67,42-13-3-1-4-14-42)43-15-5-2-6-16-43/h1-36H. The average molecular weight is 910 g/mol. The minimum atomic E-state index is -3.27. The number of aromatic nitrogens is 3. The van der Waals surface area contributed by atoms with E-state index >= 15 is 13.3 Å². The maximum Gasteiger partial charge on any atom is 0.171 e. The molecule has 0 saturated heterocycles. The second kappa shape index (κ2) is 17.5. The highest BCUT2D eigenvalue weighted by Gasteiger charge is 2.30. The van der Waals surface area contributed by atoms with Gasteiger partial charge >= 0.3 is 0 Å². The van der Waals surface area contributed by atoms with Gasteiger partial charge in [-0.1, -0.05) is 146 Å². The molecule has 0 radical (unpaired) electrons. The topological polar surface area (TPSA) is 55.7 Å². The second-order valence-electron chi connectivity index (χ2n) is 16.4. The van der Waals surface area contributed by atoms with E-state index in [0.717, 1.165) is 32.5 Å². The maximum absolute atomic E-state index is 16.8. The van der Waals surface area contributed by atoms with E-state index in [0.29, 0.717) is 43.9 Å². The molecule has 0 N–H and O–H groups in total. The van der Waals surface area contributed by atoms with Crippen molar-refractivity contribution in [2.24, 2.45) is 0 Å². The van der Waals surface area contributed by atoms with Gasteiger partial charge in [0.25, 0.3) is 0 Å². The molecule has 326 valence electrons. The van der Waals surface area contributed by atoms with Gasteiger partial charge in [0.15, 0.2) is 24.6 Å². The molecule has 0 aliphatic carbocycles. The van der Waals surface area contributed by atoms with Gasteiger partial charge in [-0.15, -0.1) is 0 Å². The Morgan fingerprint density at radius 1 is 0.294 bits per heavy atom. The predicted octanol–water partition coefficient (Wildman–Crippen LogP) is 14.4. The molecule has 9 heteroatoms. The van der Waals surface area contributed by atoms with E-state index in [4.69, 9.17) is 9.97 Å². The monoisotopic (exact) mass is 909 g/mol. The number of fused-ring (bicyclic) bond motifs is 2. The summed E-state index contributed by atoms with van der Waals surface area (Å²) in [5.74, 6) is -1.22. The Balaban J connectivity index is 0.990. The Morgan fingerprint density at radius 2 is 0.676 bits per heavy atom. The van der Waals surface area contributed by atoms with Gasteiger partial charge in [0, 0.05) is 43.7 Å². The SMILES string of the molecule is O=P(c1ccccc1)(c1ccccc1)c1cccc(-c2ccc(-c3cc(F)c(-c4ccc(-c5nc(-c6ccc(F)cc6)nc(-c6ccc(F)cc6)n5)c5ccccc45)cc3F)c3ccccc23)c1. The lowest BCUT2D eigenvalue weighted by Gasteiger charge is -2.21. The lowest BCUT2D eigenvalue weighted by Crippen LogP contribution is -2.25. The van der Waals surface area contributed by atoms with Gasteiger partial charge in [-0.25, -0.2) is 32.5 Å². The summed E-state index contributed by atoms with van der Waals surface area (Å²) in [5, 5.41) is 4.99. The van der Waals surface area contributed by atoms with Crippen molar-refractivity contribution in [1.82, 2.24) is 15.0 Å². The Hall–Kier alpha value is -8.32. The van der Waals surface area contributed by atoms with Crippen LogP contribution < -0.4 is 15.9 Å². The predicted molar refractivity (Wildman–Crippen MR) is 267 cm³/mol. The summed E-state index contributed by atoms with van der Waals surface area (Å²) >= 11 is 0. The van der Waals surface area contributed by atoms with Crippen LogP contribution in [-0.4, -0.2) is 15.0 Å². The van der Waals surface area contributed by atoms with Gasteiger partial charge in [-0.05, 0) is 117 Å². The Labute approximate surface area is 389 Å². The fraction of sp³-hybridized carbons (Fsp3) is 0. The van der Waals surface area contributed by atoms with E-state index in [2.05, 4.69) is 4.98 Å². The van der Waals surface area contributed by atoms with Crippen LogP contribution in [-0.2, 0) is 4.57 Å². The highest BCUT2D eigenvalue weighted by atomic mass is 31.2. The van der Waals surface area contributed by atoms with Crippen LogP contribution in [0.15, 0.2) is 218 Å². The zero-order valence-electron chi connectivity index (χ0n) is 36.0. The first-order valence-corrected chi connectivity index (χ1v) is 23.6. The molecule has 11 rings (SSSR count). The lowest BCUT2D eigenvalue weighted by molar-refractivity contribution is 0.592. The summed E-state index contributed by atoms with van der Waals surface area (Å²) in [6, 6.07) is 63.0. The summed E-state index contributed by atoms with van der Waals surface area (Å²) in [7, 11) is -3.27. The van der Waals surface area contributed by atoms with E-state index < -0.39 is 30.4 Å². The maximum atomic E-state index is 16.8. The van der Waals surface area contributed by atoms with Crippen molar-refractivity contribution in [2.45, 2.75) is 0 Å². The summed E-state index contributed by atoms with van der Waals surface area (Å²) in [6.45, 7) is 0. The molecule has 0 spiro atoms. The zero-order chi connectivity index (χ0) is 46.4. The van der Waals surface area contributed by atoms with Crippen LogP contribution in [0.1, 0.15) is 0 Å². The van der Waals surface area contributed by atoms with Crippen molar-refractivity contribution >= 4 is 44.6 Å². The van der Waals surface area contributed by atoms with Crippen LogP contribution in [0.4, 0.5) is 17.6 Å². The first-order valence-electron chi connectivity index (χ1n) is 21.9. The molecule has 0 aliphatic rings. The highest BCUT2D eigenvalue weighted by Crippen LogP contribution is 2.45. The quantitative estimate of drug-likeness (QED) is 0.107. The van der Waals surface area contributed by atoms with E-state index in [1.807, 2.05) is 146 Å². The lowest BCUT2D eigenvalue weighted by atomic mass is 9.90. The molecule has 11 aromatic rings. The number of hydrogen-bond donors (Lipinski definition) is 0. The highest BCUT2D eigenvalue weighted by molar-refractivity contribution is 7.85. The van der Waals surface area contributed by atoms with Crippen molar-refractivity contribution in [3.63, 3.8) is 0 Å². The molecule has 0 atom stereocenters. The van der Waals surface area contributed by atoms with Crippen LogP contribution >= 0.6 is 7.14 Å². The van der Waals surface area contributed by atoms with Gasteiger partial charge in [-0.3, -0.25) is 0 Å². The summed E-state index contributed by atoms with van der Waals surface area (Å²) in [6.07, 6.45) is 0. The molecule has 10 aromatic carbocycles. The molecule has 0 amide bonds. The number of hydrogen-bond acceptors (Lipinski definition) is 4. The van der Waals surface area contributed by atoms with Gasteiger partial charge in [0.2, 0.25) is 0 Å². The van der Waals surface area contributed by atoms with Gasteiger partial charge in [0.1, 0.15) is 23.3 Å². The fourth-order valence-corrected chi connectivity index (χ4v) is 11.7. The first-order chi connectivity index (χ1) is 33.2. The number of rotatable bonds is 9. The summed E-state index contributed by atoms with van der Waals surface area (Å²) < 4.78 is 76.8. The molecule has 0 unspecified atom stereocenters. The smallest absolute Gasteiger partial charge is 0.171 e. The van der Waals surface area contributed by atoms with Crippen molar-refractivity contribution in [3.8, 4) is 67.5 Å². The largest absolute Gasteiger partial charge is 0.309 e. The number of halogens is 4. The first kappa shape index (κ1) is 42.3. The molecular weight excluding hydrogens is 874 g/mol. The van der Waals surface area contributed by atoms with E-state index in [9.17, 15) is 8.78 Å². The molecule has 0 bridgehead atoms. The molecule has 0 fully saturated rings. The number of benzene rings is 10. The molecular formula is C59H36F4N3OP. The molecule has 1 heterocycles. The summed E-state index contributed by atoms with van der Waals surface area (Å²) in [5.41, 5.74) is 4.53. The van der Waals surface area contributed by atoms with Crippen LogP contribution in [0.3, 0.4) is 0 Å². The molecule has 0 aliphatic heterocycles. The van der Waals surface area contributed by atoms with Crippen LogP contribution in [0, 0.1) is 23.3 Å². The third kappa shape index (κ3) is 7.65. The van der Waals surface area contributed by atoms with Crippen molar-refractivity contribution in [2.75, 3.05) is 0 Å². The van der Waals surface area contributed by atoms with Crippen molar-refractivity contribution < 1.29 is 22.1 Å². The molecule has 0 saturated carbocycles. The normalized spacial score (nSPS) is 11.6. The minimum Gasteiger partial charge on any atom is -0.309 e. The van der Waals surface area contributed by atoms with E-state index in [1.54, 1.807) is 36.4 Å². The Kier molecular flexibility index (Phi) is 10.9. The van der Waals surface area contributed by atoms with Gasteiger partial charge in [0.05, 0.1) is 0 Å². The van der Waals surface area contributed by atoms with Gasteiger partial charge in [-0.2, -0.15) is 0 Å². The van der Waals surface area contributed by atoms with Crippen LogP contribution in [0.2, 0.25) is 0 Å². The Morgan fingerprint density at radius 3 is 1.16 bits per heavy atom. The van der Waals surface area contributed by atoms with Crippen LogP contribution in [0.25, 0.3) is 89.1 Å². The fourth-order valence-electron chi connectivity index (χ4n) is 9.02.